The quantitative estimate of drug-likeness (QED) is 0.739. The van der Waals surface area contributed by atoms with Crippen molar-refractivity contribution in [3.8, 4) is 0 Å². The number of nitrogens with one attached hydrogen (secondary N) is 1. The molecule has 1 aromatic rings. The smallest absolute Gasteiger partial charge is 0.303 e. The molecule has 1 fully saturated rings. The molecule has 1 aliphatic heterocycles. The Morgan fingerprint density at radius 1 is 1.36 bits per heavy atom. The molecule has 0 saturated carbocycles. The van der Waals surface area contributed by atoms with Gasteiger partial charge in [-0.2, -0.15) is 0 Å². The zero-order valence-corrected chi connectivity index (χ0v) is 14.4. The third-order valence-electron chi connectivity index (χ3n) is 3.58. The molecule has 6 nitrogen and oxygen atoms in total. The van der Waals surface area contributed by atoms with E-state index >= 15 is 0 Å². The molecule has 0 aromatic heterocycles. The van der Waals surface area contributed by atoms with Gasteiger partial charge in [0.25, 0.3) is 0 Å². The minimum Gasteiger partial charge on any atom is -0.481 e. The number of benzene rings is 1. The highest BCUT2D eigenvalue weighted by Gasteiger charge is 2.27. The van der Waals surface area contributed by atoms with Crippen LogP contribution in [0, 0.1) is 0 Å². The molecule has 0 amide bonds. The van der Waals surface area contributed by atoms with Gasteiger partial charge in [0.1, 0.15) is 0 Å². The van der Waals surface area contributed by atoms with Crippen LogP contribution in [-0.2, 0) is 14.8 Å². The van der Waals surface area contributed by atoms with E-state index in [-0.39, 0.29) is 17.4 Å². The van der Waals surface area contributed by atoms with Crippen molar-refractivity contribution in [2.75, 3.05) is 19.6 Å². The molecule has 1 atom stereocenters. The number of likely N-dealkylation sites (tertiary alicyclic amines) is 1. The van der Waals surface area contributed by atoms with E-state index < -0.39 is 16.0 Å². The number of carboxylic acid groups (broad SMARTS) is 1. The van der Waals surface area contributed by atoms with Crippen LogP contribution in [0.4, 0.5) is 0 Å². The highest BCUT2D eigenvalue weighted by Crippen LogP contribution is 2.17. The first kappa shape index (κ1) is 17.4. The lowest BCUT2D eigenvalue weighted by Gasteiger charge is -2.16. The summed E-state index contributed by atoms with van der Waals surface area (Å²) in [6.45, 7) is 2.09. The van der Waals surface area contributed by atoms with Crippen LogP contribution in [0.15, 0.2) is 33.6 Å². The number of carboxylic acids is 1. The van der Waals surface area contributed by atoms with Crippen molar-refractivity contribution in [1.29, 1.82) is 0 Å². The van der Waals surface area contributed by atoms with Crippen molar-refractivity contribution in [3.05, 3.63) is 28.7 Å². The van der Waals surface area contributed by atoms with E-state index in [4.69, 9.17) is 5.11 Å². The second-order valence-electron chi connectivity index (χ2n) is 5.36. The molecular formula is C14H19BrN2O4S. The molecule has 22 heavy (non-hydrogen) atoms. The van der Waals surface area contributed by atoms with Crippen LogP contribution in [0.3, 0.4) is 0 Å². The van der Waals surface area contributed by atoms with Gasteiger partial charge in [0.05, 0.1) is 4.90 Å². The highest BCUT2D eigenvalue weighted by molar-refractivity contribution is 9.10. The molecule has 1 saturated heterocycles. The van der Waals surface area contributed by atoms with E-state index in [1.54, 1.807) is 24.3 Å². The Morgan fingerprint density at radius 2 is 2.05 bits per heavy atom. The fraction of sp³-hybridized carbons (Fsp3) is 0.500. The number of sulfonamides is 1. The summed E-state index contributed by atoms with van der Waals surface area (Å²) in [4.78, 5) is 12.8. The molecule has 2 N–H and O–H groups in total. The number of carbonyl (C=O) groups is 1. The van der Waals surface area contributed by atoms with Gasteiger partial charge in [-0.3, -0.25) is 4.79 Å². The summed E-state index contributed by atoms with van der Waals surface area (Å²) in [5, 5.41) is 8.62. The Labute approximate surface area is 138 Å². The normalized spacial score (nSPS) is 19.4. The number of hydrogen-bond donors (Lipinski definition) is 2. The van der Waals surface area contributed by atoms with E-state index in [2.05, 4.69) is 25.6 Å². The topological polar surface area (TPSA) is 86.7 Å². The second-order valence-corrected chi connectivity index (χ2v) is 7.99. The van der Waals surface area contributed by atoms with Crippen LogP contribution < -0.4 is 4.72 Å². The standard InChI is InChI=1S/C14H19BrN2O4S/c15-11-3-5-13(6-4-11)22(20,21)16-12-7-9-17(10-12)8-1-2-14(18)19/h3-6,12,16H,1-2,7-10H2,(H,18,19). The van der Waals surface area contributed by atoms with Crippen LogP contribution >= 0.6 is 15.9 Å². The van der Waals surface area contributed by atoms with Gasteiger partial charge in [-0.15, -0.1) is 0 Å². The second kappa shape index (κ2) is 7.54. The maximum absolute atomic E-state index is 12.3. The SMILES string of the molecule is O=C(O)CCCN1CCC(NS(=O)(=O)c2ccc(Br)cc2)C1. The van der Waals surface area contributed by atoms with E-state index in [1.807, 2.05) is 0 Å². The van der Waals surface area contributed by atoms with Crippen molar-refractivity contribution in [2.24, 2.45) is 0 Å². The van der Waals surface area contributed by atoms with Crippen LogP contribution in [0.5, 0.6) is 0 Å². The lowest BCUT2D eigenvalue weighted by molar-refractivity contribution is -0.137. The fourth-order valence-electron chi connectivity index (χ4n) is 2.49. The molecular weight excluding hydrogens is 372 g/mol. The maximum atomic E-state index is 12.3. The van der Waals surface area contributed by atoms with Gasteiger partial charge in [0.2, 0.25) is 10.0 Å². The lowest BCUT2D eigenvalue weighted by atomic mass is 10.3. The molecule has 0 bridgehead atoms. The number of aliphatic carboxylic acids is 1. The van der Waals surface area contributed by atoms with Gasteiger partial charge in [-0.25, -0.2) is 13.1 Å². The van der Waals surface area contributed by atoms with Crippen LogP contribution in [0.25, 0.3) is 0 Å². The van der Waals surface area contributed by atoms with Crippen molar-refractivity contribution in [2.45, 2.75) is 30.2 Å². The summed E-state index contributed by atoms with van der Waals surface area (Å²) in [7, 11) is -3.51. The number of nitrogens with zero attached hydrogens (tertiary/aromatic N) is 1. The first-order valence-corrected chi connectivity index (χ1v) is 9.36. The van der Waals surface area contributed by atoms with Gasteiger partial charge in [0.15, 0.2) is 0 Å². The monoisotopic (exact) mass is 390 g/mol. The molecule has 2 rings (SSSR count). The molecule has 1 heterocycles. The molecule has 0 spiro atoms. The molecule has 1 aliphatic rings. The predicted molar refractivity (Wildman–Crippen MR) is 86.2 cm³/mol. The Morgan fingerprint density at radius 3 is 2.68 bits per heavy atom. The third kappa shape index (κ3) is 5.05. The van der Waals surface area contributed by atoms with Crippen molar-refractivity contribution in [3.63, 3.8) is 0 Å². The zero-order valence-electron chi connectivity index (χ0n) is 12.0. The maximum Gasteiger partial charge on any atom is 0.303 e. The predicted octanol–water partition coefficient (Wildman–Crippen LogP) is 1.67. The minimum absolute atomic E-state index is 0.126. The van der Waals surface area contributed by atoms with Crippen molar-refractivity contribution >= 4 is 31.9 Å². The number of rotatable bonds is 7. The highest BCUT2D eigenvalue weighted by atomic mass is 79.9. The van der Waals surface area contributed by atoms with Crippen LogP contribution in [0.2, 0.25) is 0 Å². The van der Waals surface area contributed by atoms with Crippen LogP contribution in [-0.4, -0.2) is 50.1 Å². The largest absolute Gasteiger partial charge is 0.481 e. The Balaban J connectivity index is 1.86. The number of halogens is 1. The summed E-state index contributed by atoms with van der Waals surface area (Å²) < 4.78 is 28.1. The van der Waals surface area contributed by atoms with Gasteiger partial charge < -0.3 is 10.0 Å². The van der Waals surface area contributed by atoms with Crippen LogP contribution in [0.1, 0.15) is 19.3 Å². The van der Waals surface area contributed by atoms with Crippen molar-refractivity contribution < 1.29 is 18.3 Å². The Bertz CT molecular complexity index is 618. The zero-order chi connectivity index (χ0) is 16.2. The first-order valence-electron chi connectivity index (χ1n) is 7.09. The summed E-state index contributed by atoms with van der Waals surface area (Å²) in [6.07, 6.45) is 1.47. The fourth-order valence-corrected chi connectivity index (χ4v) is 4.01. The lowest BCUT2D eigenvalue weighted by Crippen LogP contribution is -2.37. The Kier molecular flexibility index (Phi) is 5.96. The molecule has 122 valence electrons. The summed E-state index contributed by atoms with van der Waals surface area (Å²) >= 11 is 3.28. The number of hydrogen-bond acceptors (Lipinski definition) is 4. The first-order chi connectivity index (χ1) is 10.4. The summed E-state index contributed by atoms with van der Waals surface area (Å²) in [5.41, 5.74) is 0. The molecule has 0 radical (unpaired) electrons. The minimum atomic E-state index is -3.51. The van der Waals surface area contributed by atoms with E-state index in [9.17, 15) is 13.2 Å². The molecule has 8 heteroatoms. The molecule has 1 unspecified atom stereocenters. The van der Waals surface area contributed by atoms with Crippen molar-refractivity contribution in [1.82, 2.24) is 9.62 Å². The third-order valence-corrected chi connectivity index (χ3v) is 5.65. The molecule has 1 aromatic carbocycles. The average molecular weight is 391 g/mol. The van der Waals surface area contributed by atoms with Gasteiger partial charge in [-0.05, 0) is 50.2 Å². The van der Waals surface area contributed by atoms with E-state index in [0.29, 0.717) is 19.5 Å². The summed E-state index contributed by atoms with van der Waals surface area (Å²) in [5.74, 6) is -0.799. The average Bonchev–Trinajstić information content (AvgIpc) is 2.85. The van der Waals surface area contributed by atoms with Gasteiger partial charge in [0, 0.05) is 23.5 Å². The van der Waals surface area contributed by atoms with Gasteiger partial charge >= 0.3 is 5.97 Å². The Hall–Kier alpha value is -0.960. The summed E-state index contributed by atoms with van der Waals surface area (Å²) in [6, 6.07) is 6.39. The van der Waals surface area contributed by atoms with Gasteiger partial charge in [-0.1, -0.05) is 15.9 Å². The van der Waals surface area contributed by atoms with E-state index in [1.165, 1.54) is 0 Å². The molecule has 0 aliphatic carbocycles. The van der Waals surface area contributed by atoms with E-state index in [0.717, 1.165) is 17.4 Å².